The predicted octanol–water partition coefficient (Wildman–Crippen LogP) is 1.23. The van der Waals surface area contributed by atoms with Gasteiger partial charge in [-0.3, -0.25) is 5.10 Å². The summed E-state index contributed by atoms with van der Waals surface area (Å²) < 4.78 is 17.0. The fourth-order valence-corrected chi connectivity index (χ4v) is 4.06. The summed E-state index contributed by atoms with van der Waals surface area (Å²) >= 11 is 0. The monoisotopic (exact) mass is 458 g/mol. The molecule has 1 aromatic heterocycles. The third-order valence-electron chi connectivity index (χ3n) is 5.83. The van der Waals surface area contributed by atoms with Crippen LogP contribution in [0.2, 0.25) is 0 Å². The first-order valence-corrected chi connectivity index (χ1v) is 11.1. The van der Waals surface area contributed by atoms with Crippen molar-refractivity contribution in [1.82, 2.24) is 10.2 Å². The molecule has 1 aliphatic rings. The Hall–Kier alpha value is -2.69. The third-order valence-corrected chi connectivity index (χ3v) is 5.83. The van der Waals surface area contributed by atoms with E-state index in [1.54, 1.807) is 6.07 Å². The first-order chi connectivity index (χ1) is 15.9. The van der Waals surface area contributed by atoms with Crippen LogP contribution >= 0.6 is 0 Å². The van der Waals surface area contributed by atoms with Crippen LogP contribution in [0.3, 0.4) is 0 Å². The van der Waals surface area contributed by atoms with Gasteiger partial charge in [0, 0.05) is 5.69 Å². The van der Waals surface area contributed by atoms with Crippen molar-refractivity contribution in [2.75, 3.05) is 13.2 Å². The molecule has 9 heteroatoms. The fourth-order valence-electron chi connectivity index (χ4n) is 4.06. The quantitative estimate of drug-likeness (QED) is 0.340. The van der Waals surface area contributed by atoms with Crippen LogP contribution in [0.4, 0.5) is 0 Å². The predicted molar refractivity (Wildman–Crippen MR) is 120 cm³/mol. The number of hydrogen-bond donors (Lipinski definition) is 5. The number of aryl methyl sites for hydroxylation is 3. The number of nitrogens with one attached hydrogen (secondary N) is 1. The Balaban J connectivity index is 1.56. The van der Waals surface area contributed by atoms with Crippen molar-refractivity contribution in [3.05, 3.63) is 53.2 Å². The van der Waals surface area contributed by atoms with E-state index >= 15 is 0 Å². The minimum atomic E-state index is -1.51. The number of nitrogens with zero attached hydrogens (tertiary/aromatic N) is 1. The number of benzene rings is 2. The van der Waals surface area contributed by atoms with Gasteiger partial charge < -0.3 is 34.6 Å². The van der Waals surface area contributed by atoms with Crippen molar-refractivity contribution in [2.45, 2.75) is 57.4 Å². The number of aromatic amines is 1. The van der Waals surface area contributed by atoms with E-state index in [4.69, 9.17) is 14.2 Å². The van der Waals surface area contributed by atoms with Gasteiger partial charge in [-0.1, -0.05) is 12.1 Å². The smallest absolute Gasteiger partial charge is 0.229 e. The molecule has 5 unspecified atom stereocenters. The highest BCUT2D eigenvalue weighted by Crippen LogP contribution is 2.33. The average molecular weight is 459 g/mol. The highest BCUT2D eigenvalue weighted by atomic mass is 16.7. The Morgan fingerprint density at radius 2 is 1.79 bits per heavy atom. The highest BCUT2D eigenvalue weighted by molar-refractivity contribution is 5.88. The molecule has 1 saturated heterocycles. The number of rotatable bonds is 8. The van der Waals surface area contributed by atoms with Crippen LogP contribution < -0.4 is 9.47 Å². The molecule has 9 nitrogen and oxygen atoms in total. The normalized spacial score (nSPS) is 25.3. The van der Waals surface area contributed by atoms with E-state index in [1.807, 2.05) is 44.2 Å². The summed E-state index contributed by atoms with van der Waals surface area (Å²) in [6, 6.07) is 11.7. The topological polar surface area (TPSA) is 137 Å². The van der Waals surface area contributed by atoms with Crippen molar-refractivity contribution in [2.24, 2.45) is 0 Å². The Morgan fingerprint density at radius 1 is 1.03 bits per heavy atom. The van der Waals surface area contributed by atoms with Crippen LogP contribution in [0, 0.1) is 6.92 Å². The lowest BCUT2D eigenvalue weighted by atomic mass is 9.99. The summed E-state index contributed by atoms with van der Waals surface area (Å²) in [6.45, 7) is 3.94. The van der Waals surface area contributed by atoms with E-state index in [2.05, 4.69) is 10.2 Å². The molecule has 178 valence electrons. The van der Waals surface area contributed by atoms with Gasteiger partial charge in [-0.15, -0.1) is 0 Å². The molecule has 4 rings (SSSR count). The van der Waals surface area contributed by atoms with Crippen molar-refractivity contribution < 1.29 is 34.6 Å². The maximum absolute atomic E-state index is 10.4. The molecule has 0 aliphatic carbocycles. The fraction of sp³-hybridized carbons (Fsp3) is 0.458. The van der Waals surface area contributed by atoms with Crippen molar-refractivity contribution in [1.29, 1.82) is 0 Å². The van der Waals surface area contributed by atoms with Crippen LogP contribution in [0.1, 0.15) is 23.7 Å². The average Bonchev–Trinajstić information content (AvgIpc) is 3.22. The minimum Gasteiger partial charge on any atom is -0.494 e. The number of aliphatic hydroxyl groups is 4. The largest absolute Gasteiger partial charge is 0.494 e. The lowest BCUT2D eigenvalue weighted by molar-refractivity contribution is -0.277. The van der Waals surface area contributed by atoms with Crippen LogP contribution in [-0.2, 0) is 17.6 Å². The Kier molecular flexibility index (Phi) is 7.16. The van der Waals surface area contributed by atoms with Crippen LogP contribution in [-0.4, -0.2) is 74.5 Å². The molecular formula is C24H30N2O7. The van der Waals surface area contributed by atoms with Gasteiger partial charge >= 0.3 is 0 Å². The van der Waals surface area contributed by atoms with Crippen molar-refractivity contribution in [3.8, 4) is 11.5 Å². The van der Waals surface area contributed by atoms with Gasteiger partial charge in [0.2, 0.25) is 6.29 Å². The van der Waals surface area contributed by atoms with E-state index in [-0.39, 0.29) is 0 Å². The van der Waals surface area contributed by atoms with Crippen molar-refractivity contribution in [3.63, 3.8) is 0 Å². The van der Waals surface area contributed by atoms with Gasteiger partial charge in [-0.2, -0.15) is 5.10 Å². The molecule has 33 heavy (non-hydrogen) atoms. The maximum atomic E-state index is 10.4. The van der Waals surface area contributed by atoms with Gasteiger partial charge in [-0.05, 0) is 62.1 Å². The number of ether oxygens (including phenoxy) is 3. The summed E-state index contributed by atoms with van der Waals surface area (Å²) in [7, 11) is 0. The van der Waals surface area contributed by atoms with E-state index in [0.717, 1.165) is 34.4 Å². The lowest BCUT2D eigenvalue weighted by Crippen LogP contribution is -2.60. The van der Waals surface area contributed by atoms with E-state index in [1.165, 1.54) is 0 Å². The van der Waals surface area contributed by atoms with Crippen molar-refractivity contribution >= 4 is 10.9 Å². The molecule has 5 N–H and O–H groups in total. The molecule has 5 atom stereocenters. The number of fused-ring (bicyclic) bond motifs is 1. The van der Waals surface area contributed by atoms with Gasteiger partial charge in [0.1, 0.15) is 35.9 Å². The molecule has 0 radical (unpaired) electrons. The summed E-state index contributed by atoms with van der Waals surface area (Å²) in [6.07, 6.45) is -5.32. The summed E-state index contributed by atoms with van der Waals surface area (Å²) in [5.41, 5.74) is 3.60. The van der Waals surface area contributed by atoms with Crippen LogP contribution in [0.15, 0.2) is 36.4 Å². The van der Waals surface area contributed by atoms with Gasteiger partial charge in [0.25, 0.3) is 0 Å². The molecule has 0 amide bonds. The second kappa shape index (κ2) is 10.1. The van der Waals surface area contributed by atoms with E-state index < -0.39 is 37.3 Å². The Morgan fingerprint density at radius 3 is 2.48 bits per heavy atom. The summed E-state index contributed by atoms with van der Waals surface area (Å²) in [4.78, 5) is 0. The SMILES string of the molecule is CCOc1ccc(CCc2[nH]nc3cc(C)cc(OC4OC(CO)C(O)C(O)C4O)c23)cc1. The molecule has 0 bridgehead atoms. The maximum Gasteiger partial charge on any atom is 0.229 e. The molecule has 1 fully saturated rings. The van der Waals surface area contributed by atoms with Gasteiger partial charge in [0.05, 0.1) is 24.1 Å². The standard InChI is InChI=1S/C24H30N2O7/c1-3-31-15-7-4-14(5-8-15)6-9-16-20-17(26-25-16)10-13(2)11-18(20)32-24-23(30)22(29)21(28)19(12-27)33-24/h4-5,7-8,10-11,19,21-24,27-30H,3,6,9,12H2,1-2H3,(H,25,26). The van der Waals surface area contributed by atoms with Crippen LogP contribution in [0.25, 0.3) is 10.9 Å². The first-order valence-electron chi connectivity index (χ1n) is 11.1. The molecule has 0 saturated carbocycles. The van der Waals surface area contributed by atoms with Gasteiger partial charge in [0.15, 0.2) is 0 Å². The first kappa shape index (κ1) is 23.5. The lowest BCUT2D eigenvalue weighted by Gasteiger charge is -2.39. The second-order valence-corrected chi connectivity index (χ2v) is 8.25. The summed E-state index contributed by atoms with van der Waals surface area (Å²) in [5.74, 6) is 1.27. The number of H-pyrrole nitrogens is 1. The number of hydrogen-bond acceptors (Lipinski definition) is 8. The number of aromatic nitrogens is 2. The Labute approximate surface area is 191 Å². The molecule has 0 spiro atoms. The molecule has 2 aromatic carbocycles. The molecule has 3 aromatic rings. The highest BCUT2D eigenvalue weighted by Gasteiger charge is 2.44. The van der Waals surface area contributed by atoms with Gasteiger partial charge in [-0.25, -0.2) is 0 Å². The Bertz CT molecular complexity index is 1070. The third kappa shape index (κ3) is 4.97. The van der Waals surface area contributed by atoms with E-state index in [9.17, 15) is 20.4 Å². The second-order valence-electron chi connectivity index (χ2n) is 8.25. The number of aliphatic hydroxyl groups excluding tert-OH is 4. The molecular weight excluding hydrogens is 428 g/mol. The summed E-state index contributed by atoms with van der Waals surface area (Å²) in [5, 5.41) is 48.2. The minimum absolute atomic E-state index is 0.435. The van der Waals surface area contributed by atoms with E-state index in [0.29, 0.717) is 24.3 Å². The zero-order valence-electron chi connectivity index (χ0n) is 18.6. The molecule has 1 aliphatic heterocycles. The zero-order chi connectivity index (χ0) is 23.5. The van der Waals surface area contributed by atoms with Crippen LogP contribution in [0.5, 0.6) is 11.5 Å². The zero-order valence-corrected chi connectivity index (χ0v) is 18.6. The molecule has 2 heterocycles.